The van der Waals surface area contributed by atoms with Gasteiger partial charge in [0.05, 0.1) is 18.2 Å². The van der Waals surface area contributed by atoms with Crippen LogP contribution in [-0.4, -0.2) is 58.9 Å². The molecule has 0 bridgehead atoms. The summed E-state index contributed by atoms with van der Waals surface area (Å²) in [6, 6.07) is 6.40. The zero-order valence-electron chi connectivity index (χ0n) is 16.1. The van der Waals surface area contributed by atoms with Crippen LogP contribution < -0.4 is 10.1 Å². The Bertz CT molecular complexity index is 753. The lowest BCUT2D eigenvalue weighted by Crippen LogP contribution is -2.32. The average molecular weight is 370 g/mol. The predicted octanol–water partition coefficient (Wildman–Crippen LogP) is 3.07. The number of anilines is 1. The first-order valence-electron chi connectivity index (χ1n) is 10.2. The van der Waals surface area contributed by atoms with Gasteiger partial charge in [-0.1, -0.05) is 0 Å². The maximum absolute atomic E-state index is 9.65. The van der Waals surface area contributed by atoms with Crippen LogP contribution in [0.4, 0.5) is 5.95 Å². The summed E-state index contributed by atoms with van der Waals surface area (Å²) in [4.78, 5) is 11.5. The monoisotopic (exact) mass is 370 g/mol. The Morgan fingerprint density at radius 2 is 1.93 bits per heavy atom. The van der Waals surface area contributed by atoms with Crippen molar-refractivity contribution in [1.29, 1.82) is 0 Å². The van der Waals surface area contributed by atoms with Crippen LogP contribution in [0.1, 0.15) is 38.5 Å². The Hall–Kier alpha value is -1.92. The van der Waals surface area contributed by atoms with Gasteiger partial charge in [-0.2, -0.15) is 0 Å². The molecule has 2 aromatic rings. The van der Waals surface area contributed by atoms with Crippen LogP contribution in [0, 0.1) is 5.92 Å². The van der Waals surface area contributed by atoms with Gasteiger partial charge in [-0.25, -0.2) is 9.97 Å². The van der Waals surface area contributed by atoms with E-state index in [1.807, 2.05) is 24.4 Å². The molecule has 27 heavy (non-hydrogen) atoms. The van der Waals surface area contributed by atoms with Crippen molar-refractivity contribution in [3.8, 4) is 5.75 Å². The highest BCUT2D eigenvalue weighted by atomic mass is 16.5. The van der Waals surface area contributed by atoms with Crippen molar-refractivity contribution in [2.75, 3.05) is 32.1 Å². The minimum absolute atomic E-state index is 0.148. The Morgan fingerprint density at radius 1 is 1.15 bits per heavy atom. The molecule has 2 heterocycles. The Labute approximate surface area is 161 Å². The number of fused-ring (bicyclic) bond motifs is 1. The van der Waals surface area contributed by atoms with Crippen LogP contribution in [0.15, 0.2) is 24.4 Å². The number of piperidine rings is 1. The van der Waals surface area contributed by atoms with Crippen molar-refractivity contribution in [3.05, 3.63) is 24.4 Å². The number of nitrogens with zero attached hydrogens (tertiary/aromatic N) is 3. The number of aliphatic hydroxyl groups is 1. The topological polar surface area (TPSA) is 70.5 Å². The number of aliphatic hydroxyl groups excluding tert-OH is 1. The van der Waals surface area contributed by atoms with Crippen molar-refractivity contribution in [1.82, 2.24) is 14.9 Å². The van der Waals surface area contributed by atoms with Crippen molar-refractivity contribution >= 4 is 16.9 Å². The van der Waals surface area contributed by atoms with E-state index in [1.165, 1.54) is 12.8 Å². The molecule has 2 N–H and O–H groups in total. The van der Waals surface area contributed by atoms with Gasteiger partial charge < -0.3 is 20.1 Å². The van der Waals surface area contributed by atoms with E-state index in [9.17, 15) is 5.11 Å². The maximum Gasteiger partial charge on any atom is 0.223 e. The molecule has 1 aliphatic heterocycles. The molecule has 1 aliphatic carbocycles. The molecule has 146 valence electrons. The number of likely N-dealkylation sites (tertiary alicyclic amines) is 1. The predicted molar refractivity (Wildman–Crippen MR) is 107 cm³/mol. The zero-order chi connectivity index (χ0) is 18.6. The molecule has 1 saturated carbocycles. The lowest BCUT2D eigenvalue weighted by Gasteiger charge is -2.28. The molecule has 0 unspecified atom stereocenters. The number of benzene rings is 1. The number of aromatic nitrogens is 2. The normalized spacial score (nSPS) is 24.8. The molecular weight excluding hydrogens is 340 g/mol. The van der Waals surface area contributed by atoms with E-state index in [0.717, 1.165) is 62.0 Å². The fourth-order valence-electron chi connectivity index (χ4n) is 4.01. The third kappa shape index (κ3) is 4.87. The van der Waals surface area contributed by atoms with Crippen molar-refractivity contribution < 1.29 is 9.84 Å². The van der Waals surface area contributed by atoms with Crippen LogP contribution in [0.2, 0.25) is 0 Å². The molecule has 6 nitrogen and oxygen atoms in total. The fraction of sp³-hybridized carbons (Fsp3) is 0.619. The minimum Gasteiger partial charge on any atom is -0.493 e. The quantitative estimate of drug-likeness (QED) is 0.843. The third-order valence-electron chi connectivity index (χ3n) is 5.91. The largest absolute Gasteiger partial charge is 0.493 e. The lowest BCUT2D eigenvalue weighted by atomic mass is 9.93. The molecule has 1 saturated heterocycles. The highest BCUT2D eigenvalue weighted by Gasteiger charge is 2.20. The van der Waals surface area contributed by atoms with E-state index in [-0.39, 0.29) is 6.10 Å². The van der Waals surface area contributed by atoms with Gasteiger partial charge in [0.2, 0.25) is 5.95 Å². The molecule has 0 radical (unpaired) electrons. The summed E-state index contributed by atoms with van der Waals surface area (Å²) in [5, 5.41) is 14.1. The molecule has 1 aromatic carbocycles. The lowest BCUT2D eigenvalue weighted by molar-refractivity contribution is 0.126. The molecule has 0 amide bonds. The number of ether oxygens (including phenoxy) is 1. The Balaban J connectivity index is 1.38. The second-order valence-electron chi connectivity index (χ2n) is 8.12. The van der Waals surface area contributed by atoms with Crippen LogP contribution in [-0.2, 0) is 0 Å². The summed E-state index contributed by atoms with van der Waals surface area (Å²) in [7, 11) is 2.18. The van der Waals surface area contributed by atoms with Crippen molar-refractivity contribution in [2.45, 2.75) is 50.7 Å². The maximum atomic E-state index is 9.65. The fourth-order valence-corrected chi connectivity index (χ4v) is 4.01. The second kappa shape index (κ2) is 8.40. The highest BCUT2D eigenvalue weighted by Crippen LogP contribution is 2.24. The molecule has 1 aromatic heterocycles. The SMILES string of the molecule is CN1CCC(COc2ccc3cnc(N[C@H]4CC[C@H](O)CC4)nc3c2)CC1. The molecular formula is C21H30N4O2. The van der Waals surface area contributed by atoms with Gasteiger partial charge in [-0.15, -0.1) is 0 Å². The van der Waals surface area contributed by atoms with Gasteiger partial charge in [0.1, 0.15) is 5.75 Å². The number of rotatable bonds is 5. The summed E-state index contributed by atoms with van der Waals surface area (Å²) in [5.41, 5.74) is 0.907. The Morgan fingerprint density at radius 3 is 2.70 bits per heavy atom. The smallest absolute Gasteiger partial charge is 0.223 e. The Kier molecular flexibility index (Phi) is 5.74. The van der Waals surface area contributed by atoms with E-state index in [4.69, 9.17) is 4.74 Å². The molecule has 0 spiro atoms. The van der Waals surface area contributed by atoms with E-state index < -0.39 is 0 Å². The molecule has 2 aliphatic rings. The first-order chi connectivity index (χ1) is 13.2. The molecule has 0 atom stereocenters. The number of hydrogen-bond acceptors (Lipinski definition) is 6. The standard InChI is InChI=1S/C21H30N4O2/c1-25-10-8-15(9-11-25)14-27-19-7-2-16-13-22-21(24-20(16)12-19)23-17-3-5-18(26)6-4-17/h2,7,12-13,15,17-18,26H,3-6,8-11,14H2,1H3,(H,22,23,24)/t17-,18-. The van der Waals surface area contributed by atoms with Crippen molar-refractivity contribution in [3.63, 3.8) is 0 Å². The van der Waals surface area contributed by atoms with E-state index >= 15 is 0 Å². The number of hydrogen-bond donors (Lipinski definition) is 2. The summed E-state index contributed by atoms with van der Waals surface area (Å²) in [6.45, 7) is 3.10. The third-order valence-corrected chi connectivity index (χ3v) is 5.91. The van der Waals surface area contributed by atoms with Gasteiger partial charge in [0.25, 0.3) is 0 Å². The van der Waals surface area contributed by atoms with E-state index in [1.54, 1.807) is 0 Å². The second-order valence-corrected chi connectivity index (χ2v) is 8.12. The van der Waals surface area contributed by atoms with Crippen LogP contribution >= 0.6 is 0 Å². The first-order valence-corrected chi connectivity index (χ1v) is 10.2. The summed E-state index contributed by atoms with van der Waals surface area (Å²) in [5.74, 6) is 2.18. The van der Waals surface area contributed by atoms with E-state index in [0.29, 0.717) is 17.9 Å². The first kappa shape index (κ1) is 18.4. The zero-order valence-corrected chi connectivity index (χ0v) is 16.1. The van der Waals surface area contributed by atoms with Gasteiger partial charge in [-0.05, 0) is 76.7 Å². The average Bonchev–Trinajstić information content (AvgIpc) is 2.69. The van der Waals surface area contributed by atoms with Crippen molar-refractivity contribution in [2.24, 2.45) is 5.92 Å². The summed E-state index contributed by atoms with van der Waals surface area (Å²) >= 11 is 0. The van der Waals surface area contributed by atoms with Crippen LogP contribution in [0.5, 0.6) is 5.75 Å². The highest BCUT2D eigenvalue weighted by molar-refractivity contribution is 5.80. The van der Waals surface area contributed by atoms with Gasteiger partial charge in [0, 0.05) is 23.7 Å². The summed E-state index contributed by atoms with van der Waals surface area (Å²) < 4.78 is 6.06. The van der Waals surface area contributed by atoms with Gasteiger partial charge >= 0.3 is 0 Å². The molecule has 4 rings (SSSR count). The summed E-state index contributed by atoms with van der Waals surface area (Å²) in [6.07, 6.45) is 7.74. The van der Waals surface area contributed by atoms with Gasteiger partial charge in [-0.3, -0.25) is 0 Å². The van der Waals surface area contributed by atoms with Crippen LogP contribution in [0.25, 0.3) is 10.9 Å². The number of nitrogens with one attached hydrogen (secondary N) is 1. The minimum atomic E-state index is -0.148. The molecule has 6 heteroatoms. The van der Waals surface area contributed by atoms with Gasteiger partial charge in [0.15, 0.2) is 0 Å². The van der Waals surface area contributed by atoms with E-state index in [2.05, 4.69) is 27.2 Å². The molecule has 2 fully saturated rings. The van der Waals surface area contributed by atoms with Crippen LogP contribution in [0.3, 0.4) is 0 Å².